The fourth-order valence-corrected chi connectivity index (χ4v) is 4.98. The first-order chi connectivity index (χ1) is 12.9. The Kier molecular flexibility index (Phi) is 6.42. The molecule has 2 aliphatic heterocycles. The molecular formula is C20H31N3O3S. The average molecular weight is 394 g/mol. The highest BCUT2D eigenvalue weighted by molar-refractivity contribution is 7.89. The van der Waals surface area contributed by atoms with Gasteiger partial charge in [0.15, 0.2) is 0 Å². The van der Waals surface area contributed by atoms with E-state index in [1.165, 1.54) is 22.8 Å². The fourth-order valence-electron chi connectivity index (χ4n) is 3.85. The SMILES string of the molecule is CCS(=O)(=O)N1CCC(C(=O)Nc2ccc(N3CCC(C)CC3)cc2)CC1. The zero-order valence-electron chi connectivity index (χ0n) is 16.4. The molecule has 7 heteroatoms. The number of piperidine rings is 2. The lowest BCUT2D eigenvalue weighted by molar-refractivity contribution is -0.120. The number of benzene rings is 1. The molecule has 0 unspecified atom stereocenters. The number of anilines is 2. The molecule has 0 bridgehead atoms. The van der Waals surface area contributed by atoms with Crippen molar-refractivity contribution in [2.45, 2.75) is 39.5 Å². The lowest BCUT2D eigenvalue weighted by Gasteiger charge is -2.32. The van der Waals surface area contributed by atoms with Crippen molar-refractivity contribution in [1.82, 2.24) is 4.31 Å². The van der Waals surface area contributed by atoms with E-state index in [2.05, 4.69) is 29.3 Å². The lowest BCUT2D eigenvalue weighted by atomic mass is 9.97. The van der Waals surface area contributed by atoms with E-state index < -0.39 is 10.0 Å². The number of hydrogen-bond donors (Lipinski definition) is 1. The Morgan fingerprint density at radius 1 is 1.04 bits per heavy atom. The van der Waals surface area contributed by atoms with Crippen LogP contribution in [0.25, 0.3) is 0 Å². The first kappa shape index (κ1) is 20.1. The summed E-state index contributed by atoms with van der Waals surface area (Å²) in [5, 5.41) is 2.99. The van der Waals surface area contributed by atoms with Gasteiger partial charge in [-0.25, -0.2) is 12.7 Å². The minimum absolute atomic E-state index is 0.0110. The summed E-state index contributed by atoms with van der Waals surface area (Å²) in [4.78, 5) is 14.9. The average Bonchev–Trinajstić information content (AvgIpc) is 2.69. The highest BCUT2D eigenvalue weighted by Crippen LogP contribution is 2.25. The maximum atomic E-state index is 12.5. The third-order valence-electron chi connectivity index (χ3n) is 5.87. The normalized spacial score (nSPS) is 20.6. The maximum Gasteiger partial charge on any atom is 0.227 e. The molecule has 1 aromatic rings. The third-order valence-corrected chi connectivity index (χ3v) is 7.75. The molecule has 0 aromatic heterocycles. The standard InChI is InChI=1S/C20H31N3O3S/c1-3-27(25,26)23-14-10-17(11-15-23)20(24)21-18-4-6-19(7-5-18)22-12-8-16(2)9-13-22/h4-7,16-17H,3,8-15H2,1-2H3,(H,21,24). The van der Waals surface area contributed by atoms with E-state index in [1.54, 1.807) is 6.92 Å². The Balaban J connectivity index is 1.51. The maximum absolute atomic E-state index is 12.5. The van der Waals surface area contributed by atoms with Crippen molar-refractivity contribution in [1.29, 1.82) is 0 Å². The molecule has 1 aromatic carbocycles. The van der Waals surface area contributed by atoms with Crippen LogP contribution in [0.1, 0.15) is 39.5 Å². The van der Waals surface area contributed by atoms with Crippen LogP contribution in [0.5, 0.6) is 0 Å². The van der Waals surface area contributed by atoms with Crippen molar-refractivity contribution in [3.63, 3.8) is 0 Å². The van der Waals surface area contributed by atoms with Gasteiger partial charge in [-0.3, -0.25) is 4.79 Å². The second-order valence-corrected chi connectivity index (χ2v) is 10.0. The molecule has 0 aliphatic carbocycles. The van der Waals surface area contributed by atoms with Crippen molar-refractivity contribution in [3.8, 4) is 0 Å². The van der Waals surface area contributed by atoms with Crippen molar-refractivity contribution in [2.24, 2.45) is 11.8 Å². The molecule has 0 atom stereocenters. The second-order valence-electron chi connectivity index (χ2n) is 7.78. The Morgan fingerprint density at radius 3 is 2.19 bits per heavy atom. The zero-order valence-corrected chi connectivity index (χ0v) is 17.2. The van der Waals surface area contributed by atoms with E-state index in [4.69, 9.17) is 0 Å². The molecule has 2 fully saturated rings. The molecule has 150 valence electrons. The molecule has 1 amide bonds. The lowest BCUT2D eigenvalue weighted by Crippen LogP contribution is -2.42. The van der Waals surface area contributed by atoms with Crippen LogP contribution in [-0.2, 0) is 14.8 Å². The van der Waals surface area contributed by atoms with Crippen LogP contribution in [0, 0.1) is 11.8 Å². The van der Waals surface area contributed by atoms with Gasteiger partial charge in [-0.05, 0) is 62.8 Å². The Hall–Kier alpha value is -1.60. The Labute approximate surface area is 163 Å². The highest BCUT2D eigenvalue weighted by Gasteiger charge is 2.30. The van der Waals surface area contributed by atoms with E-state index >= 15 is 0 Å². The molecule has 3 rings (SSSR count). The molecule has 0 saturated carbocycles. The summed E-state index contributed by atoms with van der Waals surface area (Å²) in [6, 6.07) is 8.06. The van der Waals surface area contributed by atoms with Gasteiger partial charge in [0.25, 0.3) is 0 Å². The minimum atomic E-state index is -3.15. The molecule has 0 radical (unpaired) electrons. The minimum Gasteiger partial charge on any atom is -0.372 e. The number of amides is 1. The molecular weight excluding hydrogens is 362 g/mol. The van der Waals surface area contributed by atoms with E-state index in [1.807, 2.05) is 12.1 Å². The number of sulfonamides is 1. The quantitative estimate of drug-likeness (QED) is 0.835. The summed E-state index contributed by atoms with van der Waals surface area (Å²) < 4.78 is 25.4. The van der Waals surface area contributed by atoms with Crippen molar-refractivity contribution < 1.29 is 13.2 Å². The summed E-state index contributed by atoms with van der Waals surface area (Å²) in [5.74, 6) is 0.782. The zero-order chi connectivity index (χ0) is 19.4. The Bertz CT molecular complexity index is 732. The van der Waals surface area contributed by atoms with Crippen molar-refractivity contribution in [3.05, 3.63) is 24.3 Å². The molecule has 2 aliphatic rings. The summed E-state index contributed by atoms with van der Waals surface area (Å²) in [5.41, 5.74) is 2.01. The van der Waals surface area contributed by atoms with Gasteiger partial charge in [0.1, 0.15) is 0 Å². The van der Waals surface area contributed by atoms with Gasteiger partial charge in [-0.1, -0.05) is 6.92 Å². The number of carbonyl (C=O) groups is 1. The van der Waals surface area contributed by atoms with Crippen molar-refractivity contribution >= 4 is 27.3 Å². The monoisotopic (exact) mass is 393 g/mol. The van der Waals surface area contributed by atoms with E-state index in [0.29, 0.717) is 25.9 Å². The first-order valence-corrected chi connectivity index (χ1v) is 11.6. The number of nitrogens with one attached hydrogen (secondary N) is 1. The van der Waals surface area contributed by atoms with Crippen LogP contribution < -0.4 is 10.2 Å². The number of nitrogens with zero attached hydrogens (tertiary/aromatic N) is 2. The molecule has 2 saturated heterocycles. The largest absolute Gasteiger partial charge is 0.372 e. The van der Waals surface area contributed by atoms with Gasteiger partial charge in [-0.2, -0.15) is 0 Å². The number of hydrogen-bond acceptors (Lipinski definition) is 4. The van der Waals surface area contributed by atoms with Crippen LogP contribution in [0.3, 0.4) is 0 Å². The summed E-state index contributed by atoms with van der Waals surface area (Å²) in [6.07, 6.45) is 3.61. The predicted molar refractivity (Wildman–Crippen MR) is 109 cm³/mol. The van der Waals surface area contributed by atoms with Gasteiger partial charge in [-0.15, -0.1) is 0 Å². The van der Waals surface area contributed by atoms with E-state index in [0.717, 1.165) is 24.7 Å². The molecule has 0 spiro atoms. The van der Waals surface area contributed by atoms with Gasteiger partial charge in [0.05, 0.1) is 5.75 Å². The molecule has 27 heavy (non-hydrogen) atoms. The summed E-state index contributed by atoms with van der Waals surface area (Å²) >= 11 is 0. The van der Waals surface area contributed by atoms with Crippen molar-refractivity contribution in [2.75, 3.05) is 42.1 Å². The predicted octanol–water partition coefficient (Wildman–Crippen LogP) is 2.92. The van der Waals surface area contributed by atoms with Gasteiger partial charge in [0.2, 0.25) is 15.9 Å². The Morgan fingerprint density at radius 2 is 1.63 bits per heavy atom. The second kappa shape index (κ2) is 8.61. The first-order valence-electron chi connectivity index (χ1n) is 10.0. The highest BCUT2D eigenvalue weighted by atomic mass is 32.2. The van der Waals surface area contributed by atoms with Crippen LogP contribution in [0.2, 0.25) is 0 Å². The molecule has 1 N–H and O–H groups in total. The van der Waals surface area contributed by atoms with Gasteiger partial charge in [0, 0.05) is 43.5 Å². The van der Waals surface area contributed by atoms with E-state index in [9.17, 15) is 13.2 Å². The molecule has 2 heterocycles. The van der Waals surface area contributed by atoms with Crippen LogP contribution in [-0.4, -0.2) is 50.6 Å². The smallest absolute Gasteiger partial charge is 0.227 e. The van der Waals surface area contributed by atoms with Crippen LogP contribution in [0.4, 0.5) is 11.4 Å². The van der Waals surface area contributed by atoms with Crippen LogP contribution in [0.15, 0.2) is 24.3 Å². The number of carbonyl (C=O) groups excluding carboxylic acids is 1. The third kappa shape index (κ3) is 5.02. The summed E-state index contributed by atoms with van der Waals surface area (Å²) in [7, 11) is -3.15. The van der Waals surface area contributed by atoms with Crippen LogP contribution >= 0.6 is 0 Å². The van der Waals surface area contributed by atoms with Gasteiger partial charge >= 0.3 is 0 Å². The fraction of sp³-hybridized carbons (Fsp3) is 0.650. The molecule has 6 nitrogen and oxygen atoms in total. The van der Waals surface area contributed by atoms with Gasteiger partial charge < -0.3 is 10.2 Å². The number of rotatable bonds is 5. The summed E-state index contributed by atoms with van der Waals surface area (Å²) in [6.45, 7) is 7.00. The van der Waals surface area contributed by atoms with E-state index in [-0.39, 0.29) is 17.6 Å². The topological polar surface area (TPSA) is 69.7 Å².